The maximum atomic E-state index is 15.3. The Morgan fingerprint density at radius 2 is 1.79 bits per heavy atom. The lowest BCUT2D eigenvalue weighted by Crippen LogP contribution is -2.59. The number of aromatic nitrogens is 8. The van der Waals surface area contributed by atoms with Crippen molar-refractivity contribution in [1.29, 1.82) is 0 Å². The van der Waals surface area contributed by atoms with E-state index in [2.05, 4.69) is 20.0 Å². The number of likely N-dealkylation sites (N-methyl/N-ethyl adjacent to an activating group) is 1. The van der Waals surface area contributed by atoms with Crippen LogP contribution in [-0.2, 0) is 16.1 Å². The smallest absolute Gasteiger partial charge is 0.317 e. The number of hydrogen-bond acceptors (Lipinski definition) is 11. The van der Waals surface area contributed by atoms with E-state index in [0.29, 0.717) is 64.1 Å². The summed E-state index contributed by atoms with van der Waals surface area (Å²) in [6.45, 7) is 4.97. The molecule has 0 saturated carbocycles. The fraction of sp³-hybridized carbons (Fsp3) is 0.425. The number of amides is 1. The molecule has 8 heterocycles. The van der Waals surface area contributed by atoms with Gasteiger partial charge in [-0.05, 0) is 63.8 Å². The Morgan fingerprint density at radius 3 is 2.58 bits per heavy atom. The van der Waals surface area contributed by atoms with E-state index in [-0.39, 0.29) is 49.2 Å². The summed E-state index contributed by atoms with van der Waals surface area (Å²) in [7, 11) is 1.75. The molecule has 1 amide bonds. The van der Waals surface area contributed by atoms with E-state index >= 15 is 8.78 Å². The van der Waals surface area contributed by atoms with Crippen molar-refractivity contribution >= 4 is 39.7 Å². The van der Waals surface area contributed by atoms with Gasteiger partial charge in [0.15, 0.2) is 11.5 Å². The number of anilines is 2. The quantitative estimate of drug-likeness (QED) is 0.224. The highest BCUT2D eigenvalue weighted by Crippen LogP contribution is 2.43. The molecule has 57 heavy (non-hydrogen) atoms. The average molecular weight is 780 g/mol. The van der Waals surface area contributed by atoms with Gasteiger partial charge in [-0.2, -0.15) is 20.1 Å². The number of fused-ring (bicyclic) bond motifs is 8. The highest BCUT2D eigenvalue weighted by Gasteiger charge is 2.45. The van der Waals surface area contributed by atoms with Gasteiger partial charge in [-0.3, -0.25) is 4.79 Å². The van der Waals surface area contributed by atoms with Crippen LogP contribution in [0.2, 0.25) is 0 Å². The zero-order valence-electron chi connectivity index (χ0n) is 31.6. The molecule has 14 nitrogen and oxygen atoms in total. The first-order valence-electron chi connectivity index (χ1n) is 19.4. The van der Waals surface area contributed by atoms with E-state index in [9.17, 15) is 9.18 Å². The largest absolute Gasteiger partial charge is 0.458 e. The van der Waals surface area contributed by atoms with Crippen LogP contribution in [-0.4, -0.2) is 107 Å². The Hall–Kier alpha value is -5.84. The van der Waals surface area contributed by atoms with E-state index in [0.717, 1.165) is 31.7 Å². The number of benzene rings is 2. The number of carbonyl (C=O) groups is 1. The first kappa shape index (κ1) is 35.6. The number of hydrogen-bond donors (Lipinski definition) is 0. The highest BCUT2D eigenvalue weighted by atomic mass is 19.1. The molecule has 3 fully saturated rings. The minimum atomic E-state index is -0.789. The molecule has 4 aromatic heterocycles. The molecule has 0 aliphatic carbocycles. The monoisotopic (exact) mass is 779 g/mol. The molecule has 0 N–H and O–H groups in total. The molecular weight excluding hydrogens is 740 g/mol. The van der Waals surface area contributed by atoms with Gasteiger partial charge in [0.1, 0.15) is 41.1 Å². The van der Waals surface area contributed by atoms with E-state index in [1.165, 1.54) is 28.9 Å². The van der Waals surface area contributed by atoms with Gasteiger partial charge in [-0.25, -0.2) is 27.8 Å². The number of rotatable bonds is 5. The lowest BCUT2D eigenvalue weighted by molar-refractivity contribution is -0.133. The van der Waals surface area contributed by atoms with Crippen molar-refractivity contribution in [2.75, 3.05) is 36.5 Å². The molecular formula is C40H40F3N11O3. The third-order valence-corrected chi connectivity index (χ3v) is 11.8. The van der Waals surface area contributed by atoms with E-state index in [1.54, 1.807) is 30.4 Å². The van der Waals surface area contributed by atoms with Crippen LogP contribution in [0.15, 0.2) is 48.8 Å². The summed E-state index contributed by atoms with van der Waals surface area (Å²) in [6.07, 6.45) is 6.54. The second-order valence-electron chi connectivity index (χ2n) is 15.4. The summed E-state index contributed by atoms with van der Waals surface area (Å²) < 4.78 is 60.6. The second kappa shape index (κ2) is 13.7. The average Bonchev–Trinajstić information content (AvgIpc) is 3.89. The summed E-state index contributed by atoms with van der Waals surface area (Å²) in [5, 5.41) is 5.04. The molecule has 10 rings (SSSR count). The van der Waals surface area contributed by atoms with Crippen molar-refractivity contribution in [3.05, 3.63) is 72.1 Å². The minimum Gasteiger partial charge on any atom is -0.458 e. The fourth-order valence-corrected chi connectivity index (χ4v) is 9.25. The Balaban J connectivity index is 1.11. The Morgan fingerprint density at radius 1 is 0.947 bits per heavy atom. The normalized spacial score (nSPS) is 23.4. The molecule has 4 aliphatic rings. The topological polar surface area (TPSA) is 132 Å². The van der Waals surface area contributed by atoms with Crippen LogP contribution in [0.5, 0.6) is 6.01 Å². The van der Waals surface area contributed by atoms with Gasteiger partial charge < -0.3 is 28.7 Å². The van der Waals surface area contributed by atoms with Crippen molar-refractivity contribution in [3.8, 4) is 23.0 Å². The number of ether oxygens (including phenoxy) is 2. The van der Waals surface area contributed by atoms with Gasteiger partial charge >= 0.3 is 6.01 Å². The Kier molecular flexibility index (Phi) is 8.53. The lowest BCUT2D eigenvalue weighted by atomic mass is 9.80. The van der Waals surface area contributed by atoms with Gasteiger partial charge in [0.05, 0.1) is 47.5 Å². The third-order valence-electron chi connectivity index (χ3n) is 11.8. The molecule has 0 unspecified atom stereocenters. The van der Waals surface area contributed by atoms with Gasteiger partial charge in [0.25, 0.3) is 0 Å². The first-order chi connectivity index (χ1) is 27.6. The van der Waals surface area contributed by atoms with E-state index in [1.807, 2.05) is 23.3 Å². The molecule has 294 valence electrons. The van der Waals surface area contributed by atoms with Crippen LogP contribution in [0, 0.1) is 24.4 Å². The number of piperidine rings is 1. The predicted octanol–water partition coefficient (Wildman–Crippen LogP) is 5.38. The third kappa shape index (κ3) is 6.01. The number of carbonyl (C=O) groups excluding carboxylic acids is 1. The number of halogens is 3. The molecule has 6 aromatic rings. The van der Waals surface area contributed by atoms with Crippen LogP contribution in [0.3, 0.4) is 0 Å². The number of imidazole rings is 1. The predicted molar refractivity (Wildman–Crippen MR) is 204 cm³/mol. The maximum Gasteiger partial charge on any atom is 0.317 e. The molecule has 0 spiro atoms. The molecule has 4 aliphatic heterocycles. The van der Waals surface area contributed by atoms with Crippen molar-refractivity contribution in [2.45, 2.75) is 82.8 Å². The fourth-order valence-electron chi connectivity index (χ4n) is 9.25. The molecule has 5 atom stereocenters. The number of aryl methyl sites for hydroxylation is 1. The Labute approximate surface area is 325 Å². The lowest BCUT2D eigenvalue weighted by Gasteiger charge is -2.53. The summed E-state index contributed by atoms with van der Waals surface area (Å²) in [4.78, 5) is 44.6. The maximum absolute atomic E-state index is 15.3. The minimum absolute atomic E-state index is 0.0353. The molecule has 17 heteroatoms. The summed E-state index contributed by atoms with van der Waals surface area (Å²) in [6, 6.07) is 7.72. The molecule has 2 aromatic carbocycles. The van der Waals surface area contributed by atoms with Crippen molar-refractivity contribution in [3.63, 3.8) is 0 Å². The van der Waals surface area contributed by atoms with Crippen LogP contribution in [0.4, 0.5) is 24.9 Å². The number of nitrogens with zero attached hydrogens (tertiary/aromatic N) is 11. The van der Waals surface area contributed by atoms with Crippen LogP contribution < -0.4 is 14.5 Å². The van der Waals surface area contributed by atoms with Gasteiger partial charge in [0, 0.05) is 62.6 Å². The molecule has 3 saturated heterocycles. The summed E-state index contributed by atoms with van der Waals surface area (Å²) in [5.74, 6) is -0.558. The standard InChI is InChI=1S/C40H40F3N11O3/c1-4-56-27-18-50(3)38(55)34-16-26(57-40-44-11-10-31(47-40)28-12-23(42)14-32-35(28)51(20-27)21(2)46-32)19-52(34)36-29-17-45-54(33-9-8-22(41)13-30(33)43)37(29)49-39(48-36)53-24-6-5-7-25(53)15-24/h8-14,17,24-27,34H,4-7,15-16,18-20H2,1-3H3/t24-,25+,26-,27-,34-/m0/s1. The van der Waals surface area contributed by atoms with Gasteiger partial charge in [0.2, 0.25) is 11.9 Å². The van der Waals surface area contributed by atoms with Crippen molar-refractivity contribution < 1.29 is 27.4 Å². The Bertz CT molecular complexity index is 2550. The van der Waals surface area contributed by atoms with Crippen molar-refractivity contribution in [1.82, 2.24) is 44.2 Å². The summed E-state index contributed by atoms with van der Waals surface area (Å²) in [5.41, 5.74) is 2.52. The molecule has 0 radical (unpaired) electrons. The van der Waals surface area contributed by atoms with Crippen LogP contribution in [0.25, 0.3) is 39.0 Å². The molecule has 6 bridgehead atoms. The van der Waals surface area contributed by atoms with Crippen LogP contribution in [0.1, 0.15) is 44.9 Å². The second-order valence-corrected chi connectivity index (χ2v) is 15.4. The SMILES string of the molecule is CCO[C@H]1CN(C)C(=O)[C@@H]2C[C@@H](CN2c2nc(N3[C@@H]4CCC[C@H]3C4)nc3c2cnn3-c2ccc(F)cc2F)Oc2nccc(n2)-c2cc(F)cc3nc(C)n(c23)C1. The van der Waals surface area contributed by atoms with Crippen molar-refractivity contribution in [2.24, 2.45) is 0 Å². The summed E-state index contributed by atoms with van der Waals surface area (Å²) >= 11 is 0. The highest BCUT2D eigenvalue weighted by molar-refractivity contribution is 5.94. The zero-order valence-corrected chi connectivity index (χ0v) is 31.6. The van der Waals surface area contributed by atoms with Crippen LogP contribution >= 0.6 is 0 Å². The van der Waals surface area contributed by atoms with Gasteiger partial charge in [-0.1, -0.05) is 0 Å². The zero-order chi connectivity index (χ0) is 39.1. The van der Waals surface area contributed by atoms with E-state index < -0.39 is 35.7 Å². The van der Waals surface area contributed by atoms with Gasteiger partial charge in [-0.15, -0.1) is 0 Å². The van der Waals surface area contributed by atoms with E-state index in [4.69, 9.17) is 24.4 Å². The first-order valence-corrected chi connectivity index (χ1v) is 19.4.